The van der Waals surface area contributed by atoms with Crippen molar-refractivity contribution in [2.75, 3.05) is 6.54 Å². The summed E-state index contributed by atoms with van der Waals surface area (Å²) in [5.74, 6) is 0. The largest absolute Gasteiger partial charge is 0.387 e. The Hall–Kier alpha value is -1.76. The van der Waals surface area contributed by atoms with Crippen molar-refractivity contribution in [3.05, 3.63) is 71.5 Å². The zero-order chi connectivity index (χ0) is 15.5. The van der Waals surface area contributed by atoms with E-state index >= 15 is 0 Å². The van der Waals surface area contributed by atoms with Gasteiger partial charge < -0.3 is 5.32 Å². The zero-order valence-corrected chi connectivity index (χ0v) is 13.7. The molecular formula is C19H29N. The highest BCUT2D eigenvalue weighted by Gasteiger charge is 1.97. The molecule has 0 bridgehead atoms. The van der Waals surface area contributed by atoms with E-state index in [0.29, 0.717) is 0 Å². The van der Waals surface area contributed by atoms with Gasteiger partial charge >= 0.3 is 0 Å². The highest BCUT2D eigenvalue weighted by Crippen LogP contribution is 2.16. The van der Waals surface area contributed by atoms with E-state index < -0.39 is 0 Å². The Labute approximate surface area is 125 Å². The normalized spacial score (nSPS) is 12.4. The fraction of sp³-hybridized carbons (Fsp3) is 0.368. The SMILES string of the molecule is C=C/C=C\C(CN/C=C\C(CC)=C(\C)C(=C)C)=C(C)C. The molecule has 0 saturated heterocycles. The Kier molecular flexibility index (Phi) is 9.19. The van der Waals surface area contributed by atoms with Crippen LogP contribution in [0.1, 0.15) is 41.0 Å². The molecule has 0 spiro atoms. The minimum absolute atomic E-state index is 0.826. The second-order valence-corrected chi connectivity index (χ2v) is 5.12. The van der Waals surface area contributed by atoms with Crippen molar-refractivity contribution in [3.8, 4) is 0 Å². The molecule has 0 aliphatic carbocycles. The van der Waals surface area contributed by atoms with E-state index in [0.717, 1.165) is 18.5 Å². The highest BCUT2D eigenvalue weighted by atomic mass is 14.8. The lowest BCUT2D eigenvalue weighted by Crippen LogP contribution is -2.09. The molecule has 0 rings (SSSR count). The molecule has 0 amide bonds. The van der Waals surface area contributed by atoms with Crippen molar-refractivity contribution in [3.63, 3.8) is 0 Å². The van der Waals surface area contributed by atoms with Gasteiger partial charge in [-0.2, -0.15) is 0 Å². The van der Waals surface area contributed by atoms with Crippen LogP contribution in [0.25, 0.3) is 0 Å². The summed E-state index contributed by atoms with van der Waals surface area (Å²) < 4.78 is 0. The molecule has 0 unspecified atom stereocenters. The quantitative estimate of drug-likeness (QED) is 0.577. The third kappa shape index (κ3) is 6.98. The first-order valence-electron chi connectivity index (χ1n) is 7.15. The van der Waals surface area contributed by atoms with Crippen molar-refractivity contribution in [1.29, 1.82) is 0 Å². The number of hydrogen-bond donors (Lipinski definition) is 1. The number of nitrogens with one attached hydrogen (secondary N) is 1. The van der Waals surface area contributed by atoms with Crippen LogP contribution >= 0.6 is 0 Å². The first-order chi connectivity index (χ1) is 9.43. The second kappa shape index (κ2) is 10.1. The van der Waals surface area contributed by atoms with E-state index in [1.165, 1.54) is 22.3 Å². The van der Waals surface area contributed by atoms with Crippen molar-refractivity contribution in [2.45, 2.75) is 41.0 Å². The Morgan fingerprint density at radius 2 is 1.70 bits per heavy atom. The number of hydrogen-bond acceptors (Lipinski definition) is 1. The molecule has 0 saturated carbocycles. The molecule has 0 aliphatic heterocycles. The summed E-state index contributed by atoms with van der Waals surface area (Å²) >= 11 is 0. The maximum atomic E-state index is 4.00. The smallest absolute Gasteiger partial charge is 0.0394 e. The molecule has 0 radical (unpaired) electrons. The van der Waals surface area contributed by atoms with Crippen LogP contribution in [-0.4, -0.2) is 6.54 Å². The third-order valence-electron chi connectivity index (χ3n) is 3.27. The Morgan fingerprint density at radius 1 is 1.05 bits per heavy atom. The molecule has 1 N–H and O–H groups in total. The molecular weight excluding hydrogens is 242 g/mol. The highest BCUT2D eigenvalue weighted by molar-refractivity contribution is 5.36. The Balaban J connectivity index is 4.70. The Morgan fingerprint density at radius 3 is 2.15 bits per heavy atom. The van der Waals surface area contributed by atoms with Crippen molar-refractivity contribution < 1.29 is 0 Å². The van der Waals surface area contributed by atoms with Crippen LogP contribution in [0, 0.1) is 0 Å². The van der Waals surface area contributed by atoms with E-state index in [1.807, 2.05) is 19.2 Å². The van der Waals surface area contributed by atoms with Gasteiger partial charge in [0.25, 0.3) is 0 Å². The standard InChI is InChI=1S/C19H29N/c1-8-10-11-19(16(5)6)14-20-13-12-18(9-2)17(7)15(3)4/h8,10-13,20H,1,3,9,14H2,2,4-7H3/b11-10-,13-12-,18-17-. The summed E-state index contributed by atoms with van der Waals surface area (Å²) in [7, 11) is 0. The minimum Gasteiger partial charge on any atom is -0.387 e. The summed E-state index contributed by atoms with van der Waals surface area (Å²) in [5, 5.41) is 3.35. The van der Waals surface area contributed by atoms with Gasteiger partial charge in [0.1, 0.15) is 0 Å². The van der Waals surface area contributed by atoms with E-state index in [-0.39, 0.29) is 0 Å². The van der Waals surface area contributed by atoms with E-state index in [4.69, 9.17) is 0 Å². The molecule has 1 nitrogen and oxygen atoms in total. The first-order valence-corrected chi connectivity index (χ1v) is 7.15. The molecule has 0 aliphatic rings. The summed E-state index contributed by atoms with van der Waals surface area (Å²) in [5.41, 5.74) is 6.33. The van der Waals surface area contributed by atoms with Crippen molar-refractivity contribution >= 4 is 0 Å². The lowest BCUT2D eigenvalue weighted by Gasteiger charge is -2.08. The van der Waals surface area contributed by atoms with Gasteiger partial charge in [0.2, 0.25) is 0 Å². The summed E-state index contributed by atoms with van der Waals surface area (Å²) in [6.45, 7) is 19.1. The van der Waals surface area contributed by atoms with Crippen molar-refractivity contribution in [2.24, 2.45) is 0 Å². The molecule has 0 aromatic carbocycles. The number of allylic oxidation sites excluding steroid dienone is 7. The molecule has 20 heavy (non-hydrogen) atoms. The Bertz CT molecular complexity index is 452. The van der Waals surface area contributed by atoms with Gasteiger partial charge in [-0.05, 0) is 63.1 Å². The van der Waals surface area contributed by atoms with Gasteiger partial charge in [0, 0.05) is 6.54 Å². The predicted octanol–water partition coefficient (Wildman–Crippen LogP) is 5.47. The molecule has 0 atom stereocenters. The molecule has 0 aromatic heterocycles. The monoisotopic (exact) mass is 271 g/mol. The summed E-state index contributed by atoms with van der Waals surface area (Å²) in [6, 6.07) is 0. The average Bonchev–Trinajstić information content (AvgIpc) is 2.40. The molecule has 110 valence electrons. The average molecular weight is 271 g/mol. The molecule has 1 heteroatoms. The van der Waals surface area contributed by atoms with Crippen molar-refractivity contribution in [1.82, 2.24) is 5.32 Å². The first kappa shape index (κ1) is 18.2. The van der Waals surface area contributed by atoms with Gasteiger partial charge in [0.15, 0.2) is 0 Å². The van der Waals surface area contributed by atoms with Crippen LogP contribution in [0.3, 0.4) is 0 Å². The zero-order valence-electron chi connectivity index (χ0n) is 13.7. The van der Waals surface area contributed by atoms with Gasteiger partial charge in [0.05, 0.1) is 0 Å². The molecule has 0 aromatic rings. The molecule has 0 fully saturated rings. The predicted molar refractivity (Wildman–Crippen MR) is 92.7 cm³/mol. The summed E-state index contributed by atoms with van der Waals surface area (Å²) in [4.78, 5) is 0. The molecule has 0 heterocycles. The van der Waals surface area contributed by atoms with Crippen LogP contribution in [0.4, 0.5) is 0 Å². The lowest BCUT2D eigenvalue weighted by atomic mass is 10.0. The van der Waals surface area contributed by atoms with Crippen LogP contribution < -0.4 is 5.32 Å². The maximum absolute atomic E-state index is 4.00. The van der Waals surface area contributed by atoms with Gasteiger partial charge in [-0.3, -0.25) is 0 Å². The van der Waals surface area contributed by atoms with Gasteiger partial charge in [-0.15, -0.1) is 0 Å². The maximum Gasteiger partial charge on any atom is 0.0394 e. The van der Waals surface area contributed by atoms with E-state index in [2.05, 4.69) is 58.3 Å². The second-order valence-electron chi connectivity index (χ2n) is 5.12. The minimum atomic E-state index is 0.826. The van der Waals surface area contributed by atoms with Crippen LogP contribution in [-0.2, 0) is 0 Å². The number of rotatable bonds is 8. The van der Waals surface area contributed by atoms with E-state index in [9.17, 15) is 0 Å². The third-order valence-corrected chi connectivity index (χ3v) is 3.27. The van der Waals surface area contributed by atoms with Crippen LogP contribution in [0.15, 0.2) is 71.5 Å². The van der Waals surface area contributed by atoms with Crippen LogP contribution in [0.2, 0.25) is 0 Å². The van der Waals surface area contributed by atoms with E-state index in [1.54, 1.807) is 6.08 Å². The fourth-order valence-corrected chi connectivity index (χ4v) is 1.70. The van der Waals surface area contributed by atoms with Gasteiger partial charge in [-0.25, -0.2) is 0 Å². The summed E-state index contributed by atoms with van der Waals surface area (Å²) in [6.07, 6.45) is 11.0. The van der Waals surface area contributed by atoms with Crippen LogP contribution in [0.5, 0.6) is 0 Å². The topological polar surface area (TPSA) is 12.0 Å². The lowest BCUT2D eigenvalue weighted by molar-refractivity contribution is 0.937. The van der Waals surface area contributed by atoms with Gasteiger partial charge in [-0.1, -0.05) is 49.5 Å². The fourth-order valence-electron chi connectivity index (χ4n) is 1.70.